The van der Waals surface area contributed by atoms with Crippen molar-refractivity contribution >= 4 is 6.09 Å². The topological polar surface area (TPSA) is 82.8 Å². The second kappa shape index (κ2) is 10.2. The molecule has 0 aromatic rings. The Morgan fingerprint density at radius 1 is 0.958 bits per heavy atom. The third-order valence-electron chi connectivity index (χ3n) is 3.28. The quantitative estimate of drug-likeness (QED) is 0.561. The minimum atomic E-state index is -0.470. The minimum Gasteiger partial charge on any atom is -0.444 e. The molecule has 0 aliphatic carbocycles. The van der Waals surface area contributed by atoms with Crippen LogP contribution in [-0.4, -0.2) is 49.2 Å². The maximum Gasteiger partial charge on any atom is 0.407 e. The van der Waals surface area contributed by atoms with Crippen LogP contribution in [0.1, 0.15) is 67.7 Å². The van der Waals surface area contributed by atoms with E-state index in [1.54, 1.807) is 0 Å². The van der Waals surface area contributed by atoms with Gasteiger partial charge in [-0.2, -0.15) is 0 Å². The normalized spacial score (nSPS) is 13.0. The summed E-state index contributed by atoms with van der Waals surface area (Å²) in [6.07, 6.45) is 2.13. The molecule has 144 valence electrons. The van der Waals surface area contributed by atoms with Crippen molar-refractivity contribution in [2.24, 2.45) is 5.73 Å². The summed E-state index contributed by atoms with van der Waals surface area (Å²) < 4.78 is 17.0. The molecule has 0 bridgehead atoms. The first-order chi connectivity index (χ1) is 10.9. The number of alkyl carbamates (subject to hydrolysis) is 1. The lowest BCUT2D eigenvalue weighted by molar-refractivity contribution is -0.122. The van der Waals surface area contributed by atoms with Gasteiger partial charge < -0.3 is 25.3 Å². The molecule has 0 heterocycles. The van der Waals surface area contributed by atoms with E-state index in [2.05, 4.69) is 19.2 Å². The van der Waals surface area contributed by atoms with Crippen molar-refractivity contribution in [3.63, 3.8) is 0 Å². The Kier molecular flexibility index (Phi) is 9.85. The highest BCUT2D eigenvalue weighted by molar-refractivity contribution is 5.67. The third-order valence-corrected chi connectivity index (χ3v) is 3.28. The number of hydrogen-bond acceptors (Lipinski definition) is 5. The fourth-order valence-electron chi connectivity index (χ4n) is 1.93. The van der Waals surface area contributed by atoms with E-state index >= 15 is 0 Å². The molecular formula is C18H38N2O4. The van der Waals surface area contributed by atoms with Crippen LogP contribution >= 0.6 is 0 Å². The lowest BCUT2D eigenvalue weighted by atomic mass is 10.0. The van der Waals surface area contributed by atoms with Gasteiger partial charge in [-0.1, -0.05) is 0 Å². The molecule has 0 fully saturated rings. The van der Waals surface area contributed by atoms with E-state index in [-0.39, 0.29) is 17.3 Å². The number of carbonyl (C=O) groups is 1. The average molecular weight is 347 g/mol. The fraction of sp³-hybridized carbons (Fsp3) is 0.944. The zero-order valence-electron chi connectivity index (χ0n) is 16.7. The van der Waals surface area contributed by atoms with Gasteiger partial charge in [0, 0.05) is 13.2 Å². The molecule has 0 aliphatic heterocycles. The smallest absolute Gasteiger partial charge is 0.407 e. The second-order valence-corrected chi connectivity index (χ2v) is 8.33. The van der Waals surface area contributed by atoms with Gasteiger partial charge in [-0.3, -0.25) is 0 Å². The highest BCUT2D eigenvalue weighted by atomic mass is 16.6. The van der Waals surface area contributed by atoms with E-state index in [4.69, 9.17) is 19.9 Å². The van der Waals surface area contributed by atoms with Crippen molar-refractivity contribution in [2.45, 2.75) is 84.5 Å². The van der Waals surface area contributed by atoms with E-state index in [0.29, 0.717) is 26.3 Å². The van der Waals surface area contributed by atoms with Crippen molar-refractivity contribution in [3.8, 4) is 0 Å². The average Bonchev–Trinajstić information content (AvgIpc) is 2.40. The van der Waals surface area contributed by atoms with Gasteiger partial charge in [-0.05, 0) is 74.3 Å². The monoisotopic (exact) mass is 346 g/mol. The second-order valence-electron chi connectivity index (χ2n) is 8.33. The number of amides is 1. The van der Waals surface area contributed by atoms with Gasteiger partial charge in [0.15, 0.2) is 0 Å². The van der Waals surface area contributed by atoms with Gasteiger partial charge in [0.25, 0.3) is 0 Å². The molecule has 1 amide bonds. The summed E-state index contributed by atoms with van der Waals surface area (Å²) in [6, 6.07) is 0. The molecule has 0 saturated carbocycles. The van der Waals surface area contributed by atoms with Crippen molar-refractivity contribution in [2.75, 3.05) is 26.3 Å². The lowest BCUT2D eigenvalue weighted by Gasteiger charge is -2.32. The molecule has 0 radical (unpaired) electrons. The van der Waals surface area contributed by atoms with Crippen LogP contribution in [0, 0.1) is 0 Å². The largest absolute Gasteiger partial charge is 0.444 e. The molecular weight excluding hydrogens is 308 g/mol. The van der Waals surface area contributed by atoms with Gasteiger partial charge >= 0.3 is 6.09 Å². The highest BCUT2D eigenvalue weighted by Crippen LogP contribution is 2.20. The van der Waals surface area contributed by atoms with Crippen LogP contribution in [-0.2, 0) is 14.2 Å². The fourth-order valence-corrected chi connectivity index (χ4v) is 1.93. The molecule has 0 rings (SSSR count). The van der Waals surface area contributed by atoms with Crippen LogP contribution in [0.25, 0.3) is 0 Å². The van der Waals surface area contributed by atoms with Crippen LogP contribution in [0.5, 0.6) is 0 Å². The maximum atomic E-state index is 11.6. The number of ether oxygens (including phenoxy) is 3. The molecule has 24 heavy (non-hydrogen) atoms. The Labute approximate surface area is 147 Å². The van der Waals surface area contributed by atoms with E-state index in [1.165, 1.54) is 0 Å². The predicted octanol–water partition coefficient (Wildman–Crippen LogP) is 3.23. The molecule has 6 heteroatoms. The molecule has 0 atom stereocenters. The van der Waals surface area contributed by atoms with Crippen LogP contribution < -0.4 is 11.1 Å². The predicted molar refractivity (Wildman–Crippen MR) is 97.2 cm³/mol. The molecule has 0 spiro atoms. The molecule has 6 nitrogen and oxygen atoms in total. The van der Waals surface area contributed by atoms with E-state index < -0.39 is 5.60 Å². The Hall–Kier alpha value is -0.850. The summed E-state index contributed by atoms with van der Waals surface area (Å²) in [4.78, 5) is 11.6. The zero-order valence-corrected chi connectivity index (χ0v) is 16.7. The number of hydrogen-bond donors (Lipinski definition) is 2. The highest BCUT2D eigenvalue weighted by Gasteiger charge is 2.25. The Bertz CT molecular complexity index is 363. The first-order valence-electron chi connectivity index (χ1n) is 8.82. The Morgan fingerprint density at radius 3 is 2.12 bits per heavy atom. The van der Waals surface area contributed by atoms with Crippen LogP contribution in [0.15, 0.2) is 0 Å². The summed E-state index contributed by atoms with van der Waals surface area (Å²) in [5.41, 5.74) is 4.40. The van der Waals surface area contributed by atoms with Crippen LogP contribution in [0.4, 0.5) is 4.79 Å². The Balaban J connectivity index is 3.98. The third kappa shape index (κ3) is 13.6. The summed E-state index contributed by atoms with van der Waals surface area (Å²) in [5, 5.41) is 2.77. The van der Waals surface area contributed by atoms with Crippen LogP contribution in [0.3, 0.4) is 0 Å². The number of nitrogens with two attached hydrogens (primary N) is 1. The first kappa shape index (κ1) is 23.1. The van der Waals surface area contributed by atoms with E-state index in [0.717, 1.165) is 19.3 Å². The maximum absolute atomic E-state index is 11.6. The zero-order chi connectivity index (χ0) is 18.9. The molecule has 0 saturated heterocycles. The molecule has 0 aromatic carbocycles. The Morgan fingerprint density at radius 2 is 1.58 bits per heavy atom. The standard InChI is InChI=1S/C18H38N2O4/c1-16(2,3)24-15(21)20-12-8-10-17(4,5)23-14-18(6,7)22-13-9-11-19/h8-14,19H2,1-7H3,(H,20,21). The van der Waals surface area contributed by atoms with E-state index in [9.17, 15) is 4.79 Å². The van der Waals surface area contributed by atoms with Gasteiger partial charge in [0.1, 0.15) is 5.60 Å². The number of rotatable bonds is 11. The first-order valence-corrected chi connectivity index (χ1v) is 8.82. The van der Waals surface area contributed by atoms with Gasteiger partial charge in [-0.15, -0.1) is 0 Å². The summed E-state index contributed by atoms with van der Waals surface area (Å²) in [7, 11) is 0. The number of nitrogens with one attached hydrogen (secondary N) is 1. The van der Waals surface area contributed by atoms with Gasteiger partial charge in [0.2, 0.25) is 0 Å². The van der Waals surface area contributed by atoms with Crippen molar-refractivity contribution < 1.29 is 19.0 Å². The SMILES string of the molecule is CC(C)(C)OC(=O)NCCCC(C)(C)OCC(C)(C)OCCCN. The molecule has 0 aliphatic rings. The van der Waals surface area contributed by atoms with Gasteiger partial charge in [-0.25, -0.2) is 4.79 Å². The molecule has 3 N–H and O–H groups in total. The summed E-state index contributed by atoms with van der Waals surface area (Å²) >= 11 is 0. The van der Waals surface area contributed by atoms with Crippen molar-refractivity contribution in [1.82, 2.24) is 5.32 Å². The molecule has 0 aromatic heterocycles. The molecule has 0 unspecified atom stereocenters. The summed E-state index contributed by atoms with van der Waals surface area (Å²) in [6.45, 7) is 16.0. The summed E-state index contributed by atoms with van der Waals surface area (Å²) in [5.74, 6) is 0. The van der Waals surface area contributed by atoms with Crippen molar-refractivity contribution in [3.05, 3.63) is 0 Å². The lowest BCUT2D eigenvalue weighted by Crippen LogP contribution is -2.38. The minimum absolute atomic E-state index is 0.274. The van der Waals surface area contributed by atoms with E-state index in [1.807, 2.05) is 34.6 Å². The van der Waals surface area contributed by atoms with Crippen molar-refractivity contribution in [1.29, 1.82) is 0 Å². The van der Waals surface area contributed by atoms with Crippen LogP contribution in [0.2, 0.25) is 0 Å². The van der Waals surface area contributed by atoms with Gasteiger partial charge in [0.05, 0.1) is 17.8 Å². The number of carbonyl (C=O) groups excluding carboxylic acids is 1.